The summed E-state index contributed by atoms with van der Waals surface area (Å²) in [6.07, 6.45) is -2.27. The fourth-order valence-electron chi connectivity index (χ4n) is 4.38. The van der Waals surface area contributed by atoms with Gasteiger partial charge in [0, 0.05) is 11.6 Å². The van der Waals surface area contributed by atoms with Gasteiger partial charge in [-0.1, -0.05) is 36.8 Å². The van der Waals surface area contributed by atoms with Gasteiger partial charge in [-0.3, -0.25) is 9.52 Å². The van der Waals surface area contributed by atoms with Gasteiger partial charge in [-0.2, -0.15) is 21.6 Å². The van der Waals surface area contributed by atoms with Crippen molar-refractivity contribution in [1.82, 2.24) is 9.97 Å². The van der Waals surface area contributed by atoms with Crippen LogP contribution in [0.3, 0.4) is 0 Å². The summed E-state index contributed by atoms with van der Waals surface area (Å²) in [7, 11) is -4.30. The van der Waals surface area contributed by atoms with Gasteiger partial charge in [0.1, 0.15) is 11.6 Å². The Hall–Kier alpha value is -3.67. The van der Waals surface area contributed by atoms with Crippen LogP contribution >= 0.6 is 0 Å². The average Bonchev–Trinajstić information content (AvgIpc) is 2.84. The zero-order valence-corrected chi connectivity index (χ0v) is 20.6. The summed E-state index contributed by atoms with van der Waals surface area (Å²) in [5.41, 5.74) is -0.596. The number of nitrogens with one attached hydrogen (secondary N) is 2. The fourth-order valence-corrected chi connectivity index (χ4v) is 5.35. The van der Waals surface area contributed by atoms with Gasteiger partial charge in [0.25, 0.3) is 10.0 Å². The monoisotopic (exact) mass is 534 g/mol. The molecule has 3 aromatic rings. The number of sulfonamides is 1. The van der Waals surface area contributed by atoms with Crippen molar-refractivity contribution in [1.29, 1.82) is 0 Å². The summed E-state index contributed by atoms with van der Waals surface area (Å²) in [4.78, 5) is 19.5. The normalized spacial score (nSPS) is 18.3. The molecule has 2 heterocycles. The Morgan fingerprint density at radius 1 is 1.00 bits per heavy atom. The molecule has 1 saturated carbocycles. The first-order chi connectivity index (χ1) is 17.4. The number of aromatic nitrogens is 2. The smallest absolute Gasteiger partial charge is 0.418 e. The number of aryl methyl sites for hydroxylation is 1. The molecule has 2 aromatic heterocycles. The van der Waals surface area contributed by atoms with Gasteiger partial charge in [-0.25, -0.2) is 9.97 Å². The molecule has 0 radical (unpaired) electrons. The number of pyridine rings is 2. The molecule has 37 heavy (non-hydrogen) atoms. The standard InChI is InChI=1S/C25H25F3N4O4S/c1-15-6-2-3-9-18(15)23-19(25(26,27)28)12-13-21(31-23)32-37(35,36)22-11-5-10-20(30-22)29-17-8-4-7-16(14-17)24(33)34/h2-3,5-6,9-13,16-17H,4,7-8,14H2,1H3,(H,29,30)(H,31,32)(H,33,34)/t16?,17-/m0/s1. The lowest BCUT2D eigenvalue weighted by atomic mass is 9.86. The number of hydrogen-bond donors (Lipinski definition) is 3. The third-order valence-electron chi connectivity index (χ3n) is 6.21. The van der Waals surface area contributed by atoms with E-state index in [1.54, 1.807) is 31.2 Å². The van der Waals surface area contributed by atoms with Gasteiger partial charge >= 0.3 is 12.1 Å². The van der Waals surface area contributed by atoms with Crippen LogP contribution in [-0.4, -0.2) is 35.5 Å². The summed E-state index contributed by atoms with van der Waals surface area (Å²) in [6.45, 7) is 1.64. The molecule has 3 N–H and O–H groups in total. The van der Waals surface area contributed by atoms with Crippen molar-refractivity contribution in [3.63, 3.8) is 0 Å². The van der Waals surface area contributed by atoms with Crippen molar-refractivity contribution < 1.29 is 31.5 Å². The van der Waals surface area contributed by atoms with Gasteiger partial charge in [-0.15, -0.1) is 0 Å². The van der Waals surface area contributed by atoms with E-state index in [1.165, 1.54) is 18.2 Å². The van der Waals surface area contributed by atoms with Crippen molar-refractivity contribution in [2.24, 2.45) is 5.92 Å². The largest absolute Gasteiger partial charge is 0.481 e. The van der Waals surface area contributed by atoms with Crippen LogP contribution < -0.4 is 10.0 Å². The Balaban J connectivity index is 1.60. The van der Waals surface area contributed by atoms with Gasteiger partial charge in [0.2, 0.25) is 0 Å². The molecule has 1 unspecified atom stereocenters. The molecule has 0 amide bonds. The van der Waals surface area contributed by atoms with Crippen molar-refractivity contribution in [3.05, 3.63) is 65.7 Å². The maximum atomic E-state index is 13.7. The lowest BCUT2D eigenvalue weighted by molar-refractivity contribution is -0.143. The second kappa shape index (κ2) is 10.4. The number of carbonyl (C=O) groups is 1. The Kier molecular flexibility index (Phi) is 7.39. The Morgan fingerprint density at radius 3 is 2.46 bits per heavy atom. The maximum absolute atomic E-state index is 13.7. The van der Waals surface area contributed by atoms with Crippen LogP contribution in [0.2, 0.25) is 0 Å². The quantitative estimate of drug-likeness (QED) is 0.375. The van der Waals surface area contributed by atoms with E-state index in [2.05, 4.69) is 20.0 Å². The number of benzene rings is 1. The molecule has 1 aliphatic carbocycles. The topological polar surface area (TPSA) is 121 Å². The predicted molar refractivity (Wildman–Crippen MR) is 131 cm³/mol. The number of carboxylic acid groups (broad SMARTS) is 1. The number of aliphatic carboxylic acids is 1. The second-order valence-electron chi connectivity index (χ2n) is 8.91. The van der Waals surface area contributed by atoms with E-state index in [4.69, 9.17) is 0 Å². The molecule has 12 heteroatoms. The number of halogens is 3. The molecule has 1 fully saturated rings. The minimum atomic E-state index is -4.69. The van der Waals surface area contributed by atoms with Gasteiger partial charge in [-0.05, 0) is 56.0 Å². The van der Waals surface area contributed by atoms with Crippen LogP contribution in [0, 0.1) is 12.8 Å². The Morgan fingerprint density at radius 2 is 1.76 bits per heavy atom. The molecule has 0 aliphatic heterocycles. The summed E-state index contributed by atoms with van der Waals surface area (Å²) in [5.74, 6) is -1.38. The third kappa shape index (κ3) is 6.19. The summed E-state index contributed by atoms with van der Waals surface area (Å²) in [6, 6.07) is 12.2. The lowest BCUT2D eigenvalue weighted by Gasteiger charge is -2.27. The Labute approximate surface area is 212 Å². The number of alkyl halides is 3. The van der Waals surface area contributed by atoms with Crippen LogP contribution in [0.25, 0.3) is 11.3 Å². The third-order valence-corrected chi connectivity index (χ3v) is 7.47. The van der Waals surface area contributed by atoms with Crippen LogP contribution in [-0.2, 0) is 21.0 Å². The Bertz CT molecular complexity index is 1410. The molecule has 8 nitrogen and oxygen atoms in total. The first kappa shape index (κ1) is 26.4. The molecule has 4 rings (SSSR count). The van der Waals surface area contributed by atoms with Gasteiger partial charge in [0.05, 0.1) is 17.2 Å². The van der Waals surface area contributed by atoms with Crippen molar-refractivity contribution in [2.45, 2.75) is 49.9 Å². The molecule has 1 aromatic carbocycles. The predicted octanol–water partition coefficient (Wildman–Crippen LogP) is 5.33. The maximum Gasteiger partial charge on any atom is 0.418 e. The molecule has 0 saturated heterocycles. The highest BCUT2D eigenvalue weighted by Crippen LogP contribution is 2.38. The van der Waals surface area contributed by atoms with E-state index in [0.29, 0.717) is 18.4 Å². The number of nitrogens with zero attached hydrogens (tertiary/aromatic N) is 2. The molecule has 0 bridgehead atoms. The minimum absolute atomic E-state index is 0.179. The van der Waals surface area contributed by atoms with Gasteiger partial charge in [0.15, 0.2) is 5.03 Å². The molecule has 1 aliphatic rings. The first-order valence-corrected chi connectivity index (χ1v) is 13.1. The van der Waals surface area contributed by atoms with Crippen molar-refractivity contribution in [3.8, 4) is 11.3 Å². The van der Waals surface area contributed by atoms with E-state index in [0.717, 1.165) is 25.0 Å². The van der Waals surface area contributed by atoms with E-state index in [-0.39, 0.29) is 34.0 Å². The molecule has 2 atom stereocenters. The van der Waals surface area contributed by atoms with E-state index >= 15 is 0 Å². The zero-order chi connectivity index (χ0) is 26.8. The highest BCUT2D eigenvalue weighted by Gasteiger charge is 2.35. The van der Waals surface area contributed by atoms with Gasteiger partial charge < -0.3 is 10.4 Å². The molecule has 196 valence electrons. The second-order valence-corrected chi connectivity index (χ2v) is 10.5. The first-order valence-electron chi connectivity index (χ1n) is 11.6. The van der Waals surface area contributed by atoms with Crippen LogP contribution in [0.5, 0.6) is 0 Å². The van der Waals surface area contributed by atoms with Crippen LogP contribution in [0.15, 0.2) is 59.6 Å². The summed E-state index contributed by atoms with van der Waals surface area (Å²) >= 11 is 0. The van der Waals surface area contributed by atoms with Crippen molar-refractivity contribution >= 4 is 27.6 Å². The highest BCUT2D eigenvalue weighted by molar-refractivity contribution is 7.92. The molecule has 0 spiro atoms. The number of rotatable bonds is 7. The van der Waals surface area contributed by atoms with E-state index in [1.807, 2.05) is 0 Å². The number of anilines is 2. The van der Waals surface area contributed by atoms with E-state index in [9.17, 15) is 31.5 Å². The zero-order valence-electron chi connectivity index (χ0n) is 19.8. The summed E-state index contributed by atoms with van der Waals surface area (Å²) < 4.78 is 69.3. The number of carboxylic acids is 1. The van der Waals surface area contributed by atoms with E-state index < -0.39 is 33.7 Å². The molecular formula is C25H25F3N4O4S. The molecular weight excluding hydrogens is 509 g/mol. The minimum Gasteiger partial charge on any atom is -0.481 e. The fraction of sp³-hybridized carbons (Fsp3) is 0.320. The number of hydrogen-bond acceptors (Lipinski definition) is 6. The van der Waals surface area contributed by atoms with Crippen LogP contribution in [0.1, 0.15) is 36.8 Å². The lowest BCUT2D eigenvalue weighted by Crippen LogP contribution is -2.31. The average molecular weight is 535 g/mol. The summed E-state index contributed by atoms with van der Waals surface area (Å²) in [5, 5.41) is 12.0. The highest BCUT2D eigenvalue weighted by atomic mass is 32.2. The van der Waals surface area contributed by atoms with Crippen LogP contribution in [0.4, 0.5) is 24.8 Å². The van der Waals surface area contributed by atoms with Crippen molar-refractivity contribution in [2.75, 3.05) is 10.0 Å². The SMILES string of the molecule is Cc1ccccc1-c1nc(NS(=O)(=O)c2cccc(N[C@H]3CCCC(C(=O)O)C3)n2)ccc1C(F)(F)F.